The number of carboxylic acids is 1. The third-order valence-electron chi connectivity index (χ3n) is 2.90. The summed E-state index contributed by atoms with van der Waals surface area (Å²) in [5.41, 5.74) is 1.01. The van der Waals surface area contributed by atoms with Gasteiger partial charge in [-0.3, -0.25) is 4.79 Å². The van der Waals surface area contributed by atoms with Crippen molar-refractivity contribution in [3.05, 3.63) is 17.8 Å². The number of aryl methyl sites for hydroxylation is 1. The topological polar surface area (TPSA) is 63.3 Å². The van der Waals surface area contributed by atoms with Gasteiger partial charge in [0.25, 0.3) is 0 Å². The highest BCUT2D eigenvalue weighted by atomic mass is 16.4. The van der Waals surface area contributed by atoms with E-state index in [1.54, 1.807) is 6.26 Å². The second-order valence-electron chi connectivity index (χ2n) is 4.04. The molecule has 0 aliphatic heterocycles. The molecule has 1 fully saturated rings. The Morgan fingerprint density at radius 3 is 2.93 bits per heavy atom. The average molecular weight is 209 g/mol. The van der Waals surface area contributed by atoms with Crippen LogP contribution in [0.4, 0.5) is 0 Å². The first-order valence-corrected chi connectivity index (χ1v) is 5.42. The van der Waals surface area contributed by atoms with Crippen LogP contribution in [-0.2, 0) is 11.2 Å². The molecule has 15 heavy (non-hydrogen) atoms. The minimum absolute atomic E-state index is 0.0879. The van der Waals surface area contributed by atoms with Crippen molar-refractivity contribution in [1.29, 1.82) is 0 Å². The summed E-state index contributed by atoms with van der Waals surface area (Å²) in [6.45, 7) is 0. The first-order valence-electron chi connectivity index (χ1n) is 5.42. The van der Waals surface area contributed by atoms with Crippen LogP contribution < -0.4 is 0 Å². The van der Waals surface area contributed by atoms with Crippen LogP contribution in [0.2, 0.25) is 0 Å². The number of aromatic nitrogens is 1. The third kappa shape index (κ3) is 2.58. The summed E-state index contributed by atoms with van der Waals surface area (Å²) >= 11 is 0. The quantitative estimate of drug-likeness (QED) is 0.826. The highest BCUT2D eigenvalue weighted by Gasteiger charge is 2.20. The highest BCUT2D eigenvalue weighted by molar-refractivity contribution is 5.66. The molecule has 0 saturated heterocycles. The van der Waals surface area contributed by atoms with Gasteiger partial charge < -0.3 is 9.52 Å². The van der Waals surface area contributed by atoms with Gasteiger partial charge in [0.1, 0.15) is 6.26 Å². The minimum Gasteiger partial charge on any atom is -0.481 e. The lowest BCUT2D eigenvalue weighted by atomic mass is 10.1. The normalized spacial score (nSPS) is 17.1. The highest BCUT2D eigenvalue weighted by Crippen LogP contribution is 2.33. The Labute approximate surface area is 88.3 Å². The van der Waals surface area contributed by atoms with E-state index in [0.717, 1.165) is 5.69 Å². The molecule has 4 heteroatoms. The van der Waals surface area contributed by atoms with E-state index >= 15 is 0 Å². The molecule has 0 radical (unpaired) electrons. The Hall–Kier alpha value is -1.32. The van der Waals surface area contributed by atoms with E-state index < -0.39 is 5.97 Å². The van der Waals surface area contributed by atoms with Crippen LogP contribution in [0.5, 0.6) is 0 Å². The van der Waals surface area contributed by atoms with Crippen molar-refractivity contribution in [2.45, 2.75) is 44.4 Å². The number of aliphatic carboxylic acids is 1. The molecule has 1 aliphatic carbocycles. The summed E-state index contributed by atoms with van der Waals surface area (Å²) in [6.07, 6.45) is 7.07. The SMILES string of the molecule is O=C(O)CCc1nc(C2CCCC2)co1. The van der Waals surface area contributed by atoms with Crippen LogP contribution >= 0.6 is 0 Å². The first-order chi connectivity index (χ1) is 7.25. The van der Waals surface area contributed by atoms with Crippen molar-refractivity contribution in [2.75, 3.05) is 0 Å². The lowest BCUT2D eigenvalue weighted by molar-refractivity contribution is -0.137. The van der Waals surface area contributed by atoms with Gasteiger partial charge in [-0.25, -0.2) is 4.98 Å². The van der Waals surface area contributed by atoms with E-state index in [4.69, 9.17) is 9.52 Å². The van der Waals surface area contributed by atoms with E-state index in [0.29, 0.717) is 18.2 Å². The number of carbonyl (C=O) groups is 1. The summed E-state index contributed by atoms with van der Waals surface area (Å²) < 4.78 is 5.25. The lowest BCUT2D eigenvalue weighted by Gasteiger charge is -2.01. The van der Waals surface area contributed by atoms with Crippen LogP contribution in [0.1, 0.15) is 49.6 Å². The molecule has 0 aromatic carbocycles. The average Bonchev–Trinajstić information content (AvgIpc) is 2.85. The van der Waals surface area contributed by atoms with Crippen LogP contribution in [0.3, 0.4) is 0 Å². The van der Waals surface area contributed by atoms with Gasteiger partial charge in [0, 0.05) is 12.3 Å². The molecular weight excluding hydrogens is 194 g/mol. The van der Waals surface area contributed by atoms with Gasteiger partial charge in [-0.05, 0) is 12.8 Å². The molecule has 0 amide bonds. The molecule has 0 spiro atoms. The van der Waals surface area contributed by atoms with Gasteiger partial charge >= 0.3 is 5.97 Å². The largest absolute Gasteiger partial charge is 0.481 e. The summed E-state index contributed by atoms with van der Waals surface area (Å²) in [5.74, 6) is 0.280. The van der Waals surface area contributed by atoms with Crippen LogP contribution in [-0.4, -0.2) is 16.1 Å². The smallest absolute Gasteiger partial charge is 0.303 e. The molecule has 1 saturated carbocycles. The summed E-state index contributed by atoms with van der Waals surface area (Å²) in [7, 11) is 0. The number of oxazole rings is 1. The van der Waals surface area contributed by atoms with E-state index in [2.05, 4.69) is 4.98 Å². The third-order valence-corrected chi connectivity index (χ3v) is 2.90. The lowest BCUT2D eigenvalue weighted by Crippen LogP contribution is -1.98. The van der Waals surface area contributed by atoms with Crippen molar-refractivity contribution >= 4 is 5.97 Å². The molecule has 4 nitrogen and oxygen atoms in total. The Balaban J connectivity index is 1.94. The standard InChI is InChI=1S/C11H15NO3/c13-11(14)6-5-10-12-9(7-15-10)8-3-1-2-4-8/h7-8H,1-6H2,(H,13,14). The first kappa shape index (κ1) is 10.2. The molecule has 2 rings (SSSR count). The Morgan fingerprint density at radius 1 is 1.53 bits per heavy atom. The number of carboxylic acid groups (broad SMARTS) is 1. The van der Waals surface area contributed by atoms with E-state index in [-0.39, 0.29) is 6.42 Å². The maximum absolute atomic E-state index is 10.4. The second-order valence-corrected chi connectivity index (χ2v) is 4.04. The van der Waals surface area contributed by atoms with Gasteiger partial charge in [-0.15, -0.1) is 0 Å². The van der Waals surface area contributed by atoms with E-state index in [1.165, 1.54) is 25.7 Å². The van der Waals surface area contributed by atoms with Crippen molar-refractivity contribution in [3.8, 4) is 0 Å². The number of hydrogen-bond acceptors (Lipinski definition) is 3. The van der Waals surface area contributed by atoms with Gasteiger partial charge in [-0.1, -0.05) is 12.8 Å². The Bertz CT molecular complexity index is 339. The van der Waals surface area contributed by atoms with Crippen molar-refractivity contribution < 1.29 is 14.3 Å². The summed E-state index contributed by atoms with van der Waals surface area (Å²) in [5, 5.41) is 8.52. The van der Waals surface area contributed by atoms with Gasteiger partial charge in [0.2, 0.25) is 0 Å². The number of rotatable bonds is 4. The van der Waals surface area contributed by atoms with Crippen molar-refractivity contribution in [2.24, 2.45) is 0 Å². The zero-order valence-corrected chi connectivity index (χ0v) is 8.61. The number of nitrogens with zero attached hydrogens (tertiary/aromatic N) is 1. The van der Waals surface area contributed by atoms with Gasteiger partial charge in [-0.2, -0.15) is 0 Å². The molecule has 0 unspecified atom stereocenters. The van der Waals surface area contributed by atoms with Crippen molar-refractivity contribution in [1.82, 2.24) is 4.98 Å². The van der Waals surface area contributed by atoms with Crippen LogP contribution in [0, 0.1) is 0 Å². The minimum atomic E-state index is -0.810. The summed E-state index contributed by atoms with van der Waals surface area (Å²) in [4.78, 5) is 14.7. The fourth-order valence-electron chi connectivity index (χ4n) is 2.06. The molecule has 1 aromatic rings. The summed E-state index contributed by atoms with van der Waals surface area (Å²) in [6, 6.07) is 0. The van der Waals surface area contributed by atoms with Crippen LogP contribution in [0.15, 0.2) is 10.7 Å². The molecule has 1 aromatic heterocycles. The Kier molecular flexibility index (Phi) is 3.04. The van der Waals surface area contributed by atoms with E-state index in [1.807, 2.05) is 0 Å². The van der Waals surface area contributed by atoms with Crippen molar-refractivity contribution in [3.63, 3.8) is 0 Å². The molecule has 1 aliphatic rings. The van der Waals surface area contributed by atoms with Gasteiger partial charge in [0.05, 0.1) is 12.1 Å². The zero-order chi connectivity index (χ0) is 10.7. The second kappa shape index (κ2) is 4.47. The molecule has 82 valence electrons. The molecule has 1 N–H and O–H groups in total. The maximum atomic E-state index is 10.4. The molecule has 1 heterocycles. The number of hydrogen-bond donors (Lipinski definition) is 1. The Morgan fingerprint density at radius 2 is 2.27 bits per heavy atom. The van der Waals surface area contributed by atoms with Crippen LogP contribution in [0.25, 0.3) is 0 Å². The fraction of sp³-hybridized carbons (Fsp3) is 0.636. The molecular formula is C11H15NO3. The predicted molar refractivity (Wildman–Crippen MR) is 53.7 cm³/mol. The predicted octanol–water partition coefficient (Wildman–Crippen LogP) is 2.35. The maximum Gasteiger partial charge on any atom is 0.303 e. The van der Waals surface area contributed by atoms with E-state index in [9.17, 15) is 4.79 Å². The molecule has 0 bridgehead atoms. The molecule has 0 atom stereocenters. The zero-order valence-electron chi connectivity index (χ0n) is 8.61. The monoisotopic (exact) mass is 209 g/mol. The van der Waals surface area contributed by atoms with Gasteiger partial charge in [0.15, 0.2) is 5.89 Å². The fourth-order valence-corrected chi connectivity index (χ4v) is 2.06.